The lowest BCUT2D eigenvalue weighted by atomic mass is 10.1. The van der Waals surface area contributed by atoms with Crippen molar-refractivity contribution in [2.45, 2.75) is 24.8 Å². The molecule has 0 unspecified atom stereocenters. The second-order valence-corrected chi connectivity index (χ2v) is 7.98. The van der Waals surface area contributed by atoms with Crippen LogP contribution >= 0.6 is 0 Å². The van der Waals surface area contributed by atoms with Crippen LogP contribution in [0.2, 0.25) is 0 Å². The van der Waals surface area contributed by atoms with E-state index in [-0.39, 0.29) is 4.90 Å². The molecule has 3 aromatic carbocycles. The summed E-state index contributed by atoms with van der Waals surface area (Å²) in [4.78, 5) is 12.6. The fraction of sp³-hybridized carbons (Fsp3) is 0.190. The Kier molecular flexibility index (Phi) is 5.96. The zero-order valence-corrected chi connectivity index (χ0v) is 16.5. The number of rotatable bonds is 7. The molecule has 0 aliphatic carbocycles. The third-order valence-electron chi connectivity index (χ3n) is 4.22. The first kappa shape index (κ1) is 19.9. The monoisotopic (exact) mass is 398 g/mol. The van der Waals surface area contributed by atoms with Crippen LogP contribution in [0.15, 0.2) is 71.6 Å². The molecule has 0 saturated carbocycles. The Morgan fingerprint density at radius 3 is 2.39 bits per heavy atom. The first-order chi connectivity index (χ1) is 13.4. The Labute approximate surface area is 164 Å². The number of carbonyl (C=O) groups excluding carboxylic acids is 1. The van der Waals surface area contributed by atoms with Gasteiger partial charge in [0.05, 0.1) is 17.5 Å². The van der Waals surface area contributed by atoms with Crippen LogP contribution in [0.3, 0.4) is 0 Å². The number of hydrogen-bond acceptors (Lipinski definition) is 4. The molecule has 28 heavy (non-hydrogen) atoms. The maximum absolute atomic E-state index is 12.5. The minimum Gasteiger partial charge on any atom is -0.494 e. The fourth-order valence-electron chi connectivity index (χ4n) is 2.81. The highest BCUT2D eigenvalue weighted by Crippen LogP contribution is 2.23. The predicted octanol–water partition coefficient (Wildman–Crippen LogP) is 3.54. The summed E-state index contributed by atoms with van der Waals surface area (Å²) in [7, 11) is -3.84. The van der Waals surface area contributed by atoms with Crippen molar-refractivity contribution in [3.05, 3.63) is 66.7 Å². The minimum absolute atomic E-state index is 0.0702. The number of fused-ring (bicyclic) bond motifs is 1. The Bertz CT molecular complexity index is 1070. The topological polar surface area (TPSA) is 84.5 Å². The molecular formula is C21H22N2O4S. The molecule has 0 heterocycles. The van der Waals surface area contributed by atoms with Gasteiger partial charge in [0.1, 0.15) is 5.75 Å². The third-order valence-corrected chi connectivity index (χ3v) is 5.77. The molecule has 3 aromatic rings. The lowest BCUT2D eigenvalue weighted by Gasteiger charge is -2.16. The maximum atomic E-state index is 12.5. The summed E-state index contributed by atoms with van der Waals surface area (Å²) in [6.45, 7) is 3.85. The molecular weight excluding hydrogens is 376 g/mol. The molecule has 6 nitrogen and oxygen atoms in total. The molecule has 146 valence electrons. The molecule has 0 aromatic heterocycles. The summed E-state index contributed by atoms with van der Waals surface area (Å²) >= 11 is 0. The van der Waals surface area contributed by atoms with E-state index in [1.165, 1.54) is 19.1 Å². The Hall–Kier alpha value is -2.90. The van der Waals surface area contributed by atoms with E-state index in [0.29, 0.717) is 18.0 Å². The summed E-state index contributed by atoms with van der Waals surface area (Å²) in [5.41, 5.74) is 0.634. The molecule has 0 bridgehead atoms. The molecule has 2 N–H and O–H groups in total. The van der Waals surface area contributed by atoms with E-state index >= 15 is 0 Å². The van der Waals surface area contributed by atoms with Crippen LogP contribution in [-0.4, -0.2) is 27.0 Å². The van der Waals surface area contributed by atoms with Gasteiger partial charge in [-0.2, -0.15) is 4.72 Å². The van der Waals surface area contributed by atoms with Crippen LogP contribution in [0.5, 0.6) is 5.75 Å². The van der Waals surface area contributed by atoms with Gasteiger partial charge < -0.3 is 10.1 Å². The highest BCUT2D eigenvalue weighted by Gasteiger charge is 2.22. The summed E-state index contributed by atoms with van der Waals surface area (Å²) in [5.74, 6) is 0.147. The first-order valence-electron chi connectivity index (χ1n) is 8.94. The first-order valence-corrected chi connectivity index (χ1v) is 10.4. The largest absolute Gasteiger partial charge is 0.494 e. The van der Waals surface area contributed by atoms with Gasteiger partial charge >= 0.3 is 0 Å². The van der Waals surface area contributed by atoms with Gasteiger partial charge in [0.25, 0.3) is 0 Å². The van der Waals surface area contributed by atoms with E-state index in [1.54, 1.807) is 18.2 Å². The van der Waals surface area contributed by atoms with Crippen molar-refractivity contribution in [2.75, 3.05) is 11.9 Å². The Balaban J connectivity index is 1.72. The SMILES string of the molecule is CCOc1ccc(S(=O)(=O)N[C@H](C)C(=O)Nc2cccc3ccccc23)cc1. The molecule has 0 aliphatic heterocycles. The van der Waals surface area contributed by atoms with Crippen LogP contribution in [-0.2, 0) is 14.8 Å². The number of anilines is 1. The normalized spacial score (nSPS) is 12.5. The van der Waals surface area contributed by atoms with E-state index < -0.39 is 22.0 Å². The van der Waals surface area contributed by atoms with Crippen LogP contribution in [0.1, 0.15) is 13.8 Å². The van der Waals surface area contributed by atoms with Gasteiger partial charge in [0.2, 0.25) is 15.9 Å². The zero-order chi connectivity index (χ0) is 20.1. The average Bonchev–Trinajstić information content (AvgIpc) is 2.68. The Morgan fingerprint density at radius 1 is 1.00 bits per heavy atom. The van der Waals surface area contributed by atoms with Crippen molar-refractivity contribution < 1.29 is 17.9 Å². The van der Waals surface area contributed by atoms with Gasteiger partial charge in [-0.25, -0.2) is 8.42 Å². The average molecular weight is 398 g/mol. The highest BCUT2D eigenvalue weighted by atomic mass is 32.2. The lowest BCUT2D eigenvalue weighted by Crippen LogP contribution is -2.41. The van der Waals surface area contributed by atoms with Crippen LogP contribution in [0.25, 0.3) is 10.8 Å². The van der Waals surface area contributed by atoms with Crippen molar-refractivity contribution in [3.8, 4) is 5.75 Å². The van der Waals surface area contributed by atoms with Crippen molar-refractivity contribution in [3.63, 3.8) is 0 Å². The number of nitrogens with one attached hydrogen (secondary N) is 2. The van der Waals surface area contributed by atoms with E-state index in [0.717, 1.165) is 10.8 Å². The zero-order valence-electron chi connectivity index (χ0n) is 15.7. The minimum atomic E-state index is -3.84. The van der Waals surface area contributed by atoms with Crippen molar-refractivity contribution in [1.82, 2.24) is 4.72 Å². The van der Waals surface area contributed by atoms with Crippen molar-refractivity contribution >= 4 is 32.4 Å². The predicted molar refractivity (Wildman–Crippen MR) is 110 cm³/mol. The summed E-state index contributed by atoms with van der Waals surface area (Å²) in [5, 5.41) is 4.68. The van der Waals surface area contributed by atoms with Crippen molar-refractivity contribution in [2.24, 2.45) is 0 Å². The second kappa shape index (κ2) is 8.41. The summed E-state index contributed by atoms with van der Waals surface area (Å²) in [6.07, 6.45) is 0. The smallest absolute Gasteiger partial charge is 0.242 e. The molecule has 3 rings (SSSR count). The number of ether oxygens (including phenoxy) is 1. The molecule has 0 aliphatic rings. The van der Waals surface area contributed by atoms with Crippen LogP contribution in [0.4, 0.5) is 5.69 Å². The van der Waals surface area contributed by atoms with Gasteiger partial charge in [-0.1, -0.05) is 36.4 Å². The van der Waals surface area contributed by atoms with Crippen molar-refractivity contribution in [1.29, 1.82) is 0 Å². The number of hydrogen-bond donors (Lipinski definition) is 2. The standard InChI is InChI=1S/C21H22N2O4S/c1-3-27-17-11-13-18(14-12-17)28(25,26)23-15(2)21(24)22-20-10-6-8-16-7-4-5-9-19(16)20/h4-15,23H,3H2,1-2H3,(H,22,24)/t15-/m1/s1. The number of carbonyl (C=O) groups is 1. The molecule has 1 atom stereocenters. The fourth-order valence-corrected chi connectivity index (χ4v) is 4.01. The van der Waals surface area contributed by atoms with E-state index in [2.05, 4.69) is 10.0 Å². The van der Waals surface area contributed by atoms with Gasteiger partial charge in [-0.05, 0) is 49.6 Å². The molecule has 0 fully saturated rings. The summed E-state index contributed by atoms with van der Waals surface area (Å²) < 4.78 is 32.8. The Morgan fingerprint density at radius 2 is 1.68 bits per heavy atom. The quantitative estimate of drug-likeness (QED) is 0.637. The highest BCUT2D eigenvalue weighted by molar-refractivity contribution is 7.89. The van der Waals surface area contributed by atoms with Gasteiger partial charge in [0.15, 0.2) is 0 Å². The number of benzene rings is 3. The second-order valence-electron chi connectivity index (χ2n) is 6.26. The van der Waals surface area contributed by atoms with Crippen LogP contribution in [0, 0.1) is 0 Å². The lowest BCUT2D eigenvalue weighted by molar-refractivity contribution is -0.117. The number of amides is 1. The molecule has 0 saturated heterocycles. The molecule has 0 radical (unpaired) electrons. The van der Waals surface area contributed by atoms with Gasteiger partial charge in [-0.15, -0.1) is 0 Å². The molecule has 7 heteroatoms. The van der Waals surface area contributed by atoms with Crippen LogP contribution < -0.4 is 14.8 Å². The molecule has 0 spiro atoms. The van der Waals surface area contributed by atoms with E-state index in [4.69, 9.17) is 4.74 Å². The summed E-state index contributed by atoms with van der Waals surface area (Å²) in [6, 6.07) is 18.3. The third kappa shape index (κ3) is 4.49. The van der Waals surface area contributed by atoms with E-state index in [1.807, 2.05) is 43.3 Å². The van der Waals surface area contributed by atoms with Gasteiger partial charge in [0, 0.05) is 11.1 Å². The van der Waals surface area contributed by atoms with E-state index in [9.17, 15) is 13.2 Å². The number of sulfonamides is 1. The molecule has 1 amide bonds. The van der Waals surface area contributed by atoms with Gasteiger partial charge in [-0.3, -0.25) is 4.79 Å². The maximum Gasteiger partial charge on any atom is 0.242 e.